The molecule has 0 aliphatic carbocycles. The average molecular weight is 457 g/mol. The van der Waals surface area contributed by atoms with Gasteiger partial charge in [-0.25, -0.2) is 0 Å². The topological polar surface area (TPSA) is 67.9 Å². The molecule has 1 N–H and O–H groups in total. The van der Waals surface area contributed by atoms with Crippen LogP contribution >= 0.6 is 0 Å². The summed E-state index contributed by atoms with van der Waals surface area (Å²) < 4.78 is 11.0. The predicted octanol–water partition coefficient (Wildman–Crippen LogP) is 4.17. The van der Waals surface area contributed by atoms with Gasteiger partial charge in [0, 0.05) is 18.7 Å². The molecule has 6 heteroatoms. The summed E-state index contributed by atoms with van der Waals surface area (Å²) in [5.74, 6) is 0.206. The van der Waals surface area contributed by atoms with E-state index in [-0.39, 0.29) is 17.9 Å². The molecule has 174 valence electrons. The lowest BCUT2D eigenvalue weighted by Crippen LogP contribution is -2.50. The van der Waals surface area contributed by atoms with E-state index in [4.69, 9.17) is 9.47 Å². The number of rotatable bonds is 5. The minimum absolute atomic E-state index is 0.0851. The first kappa shape index (κ1) is 22.0. The number of nitrogens with zero attached hydrogens (tertiary/aromatic N) is 1. The Kier molecular flexibility index (Phi) is 5.74. The summed E-state index contributed by atoms with van der Waals surface area (Å²) in [5, 5.41) is 3.12. The van der Waals surface area contributed by atoms with Crippen molar-refractivity contribution in [3.63, 3.8) is 0 Å². The van der Waals surface area contributed by atoms with Gasteiger partial charge >= 0.3 is 0 Å². The summed E-state index contributed by atoms with van der Waals surface area (Å²) in [6.45, 7) is 3.02. The number of aryl methyl sites for hydroxylation is 1. The van der Waals surface area contributed by atoms with Gasteiger partial charge in [0.25, 0.3) is 5.91 Å². The molecule has 34 heavy (non-hydrogen) atoms. The first-order valence-electron chi connectivity index (χ1n) is 11.5. The number of hydrogen-bond acceptors (Lipinski definition) is 4. The summed E-state index contributed by atoms with van der Waals surface area (Å²) in [6, 6.07) is 19.3. The van der Waals surface area contributed by atoms with Crippen molar-refractivity contribution in [3.8, 4) is 11.5 Å². The number of hydrogen-bond donors (Lipinski definition) is 1. The quantitative estimate of drug-likeness (QED) is 0.626. The maximum atomic E-state index is 13.8. The van der Waals surface area contributed by atoms with Crippen molar-refractivity contribution >= 4 is 11.8 Å². The molecule has 2 aliphatic heterocycles. The summed E-state index contributed by atoms with van der Waals surface area (Å²) in [7, 11) is 3.10. The lowest BCUT2D eigenvalue weighted by molar-refractivity contribution is -0.124. The van der Waals surface area contributed by atoms with Gasteiger partial charge in [-0.3, -0.25) is 9.59 Å². The second-order valence-corrected chi connectivity index (χ2v) is 8.87. The van der Waals surface area contributed by atoms with E-state index >= 15 is 0 Å². The van der Waals surface area contributed by atoms with E-state index in [0.717, 1.165) is 17.5 Å². The standard InChI is InChI=1S/C28H28N2O4/c1-17-8-10-18(11-9-17)16-29-27(31)25-21-14-23(33-2)24(34-3)15-22(21)28(32)30-13-12-19-6-4-5-7-20(19)26(25)30/h4-11,14-15,25-26H,12-13,16H2,1-3H3,(H,29,31). The van der Waals surface area contributed by atoms with E-state index in [2.05, 4.69) is 11.4 Å². The molecule has 0 spiro atoms. The molecule has 0 fully saturated rings. The fraction of sp³-hybridized carbons (Fsp3) is 0.286. The number of carbonyl (C=O) groups excluding carboxylic acids is 2. The lowest BCUT2D eigenvalue weighted by Gasteiger charge is -2.45. The van der Waals surface area contributed by atoms with Gasteiger partial charge in [0.1, 0.15) is 0 Å². The number of carbonyl (C=O) groups is 2. The summed E-state index contributed by atoms with van der Waals surface area (Å²) >= 11 is 0. The van der Waals surface area contributed by atoms with Crippen LogP contribution in [-0.4, -0.2) is 37.5 Å². The summed E-state index contributed by atoms with van der Waals surface area (Å²) in [6.07, 6.45) is 0.763. The van der Waals surface area contributed by atoms with Crippen LogP contribution in [0.3, 0.4) is 0 Å². The van der Waals surface area contributed by atoms with Crippen LogP contribution in [0.4, 0.5) is 0 Å². The lowest BCUT2D eigenvalue weighted by atomic mass is 9.75. The van der Waals surface area contributed by atoms with Gasteiger partial charge in [0.05, 0.1) is 26.2 Å². The van der Waals surface area contributed by atoms with Crippen LogP contribution in [0.25, 0.3) is 0 Å². The highest BCUT2D eigenvalue weighted by Gasteiger charge is 2.46. The average Bonchev–Trinajstić information content (AvgIpc) is 2.87. The fourth-order valence-corrected chi connectivity index (χ4v) is 5.14. The third-order valence-corrected chi connectivity index (χ3v) is 6.90. The van der Waals surface area contributed by atoms with Gasteiger partial charge < -0.3 is 19.7 Å². The van der Waals surface area contributed by atoms with Gasteiger partial charge in [-0.1, -0.05) is 54.1 Å². The Morgan fingerprint density at radius 3 is 2.44 bits per heavy atom. The van der Waals surface area contributed by atoms with Gasteiger partial charge in [-0.05, 0) is 47.7 Å². The monoisotopic (exact) mass is 456 g/mol. The predicted molar refractivity (Wildman–Crippen MR) is 129 cm³/mol. The number of fused-ring (bicyclic) bond motifs is 4. The maximum absolute atomic E-state index is 13.8. The number of benzene rings is 3. The molecule has 5 rings (SSSR count). The van der Waals surface area contributed by atoms with E-state index in [0.29, 0.717) is 35.7 Å². The molecular weight excluding hydrogens is 428 g/mol. The molecule has 2 aliphatic rings. The Hall–Kier alpha value is -3.80. The zero-order valence-electron chi connectivity index (χ0n) is 19.6. The number of ether oxygens (including phenoxy) is 2. The van der Waals surface area contributed by atoms with Crippen molar-refractivity contribution in [1.29, 1.82) is 0 Å². The molecule has 2 unspecified atom stereocenters. The van der Waals surface area contributed by atoms with Gasteiger partial charge in [-0.15, -0.1) is 0 Å². The van der Waals surface area contributed by atoms with Crippen molar-refractivity contribution in [2.45, 2.75) is 31.8 Å². The number of methoxy groups -OCH3 is 2. The van der Waals surface area contributed by atoms with Crippen molar-refractivity contribution in [2.75, 3.05) is 20.8 Å². The van der Waals surface area contributed by atoms with E-state index in [1.54, 1.807) is 26.4 Å². The SMILES string of the molecule is COc1cc2c(cc1OC)C(C(=O)NCc1ccc(C)cc1)C1c3ccccc3CCN1C2=O. The highest BCUT2D eigenvalue weighted by molar-refractivity contribution is 6.02. The molecule has 2 amide bonds. The maximum Gasteiger partial charge on any atom is 0.254 e. The zero-order chi connectivity index (χ0) is 23.8. The van der Waals surface area contributed by atoms with Crippen LogP contribution in [0.2, 0.25) is 0 Å². The normalized spacial score (nSPS) is 18.4. The number of nitrogens with one attached hydrogen (secondary N) is 1. The molecule has 3 aromatic carbocycles. The summed E-state index contributed by atoms with van der Waals surface area (Å²) in [5.41, 5.74) is 5.56. The molecule has 6 nitrogen and oxygen atoms in total. The van der Waals surface area contributed by atoms with Gasteiger partial charge in [0.15, 0.2) is 11.5 Å². The first-order valence-corrected chi connectivity index (χ1v) is 11.5. The molecule has 0 bridgehead atoms. The van der Waals surface area contributed by atoms with Crippen molar-refractivity contribution < 1.29 is 19.1 Å². The minimum Gasteiger partial charge on any atom is -0.493 e. The van der Waals surface area contributed by atoms with Crippen LogP contribution in [0, 0.1) is 6.92 Å². The zero-order valence-corrected chi connectivity index (χ0v) is 19.6. The second kappa shape index (κ2) is 8.86. The second-order valence-electron chi connectivity index (χ2n) is 8.87. The van der Waals surface area contributed by atoms with Gasteiger partial charge in [-0.2, -0.15) is 0 Å². The van der Waals surface area contributed by atoms with Crippen LogP contribution < -0.4 is 14.8 Å². The molecule has 0 radical (unpaired) electrons. The minimum atomic E-state index is -0.570. The Bertz CT molecular complexity index is 1250. The van der Waals surface area contributed by atoms with Crippen molar-refractivity contribution in [3.05, 3.63) is 94.0 Å². The molecular formula is C28H28N2O4. The van der Waals surface area contributed by atoms with E-state index in [1.807, 2.05) is 54.3 Å². The van der Waals surface area contributed by atoms with Crippen LogP contribution in [-0.2, 0) is 17.8 Å². The Balaban J connectivity index is 1.60. The van der Waals surface area contributed by atoms with E-state index in [1.165, 1.54) is 11.1 Å². The molecule has 0 saturated carbocycles. The smallest absolute Gasteiger partial charge is 0.254 e. The third-order valence-electron chi connectivity index (χ3n) is 6.90. The fourth-order valence-electron chi connectivity index (χ4n) is 5.14. The summed E-state index contributed by atoms with van der Waals surface area (Å²) in [4.78, 5) is 29.3. The highest BCUT2D eigenvalue weighted by atomic mass is 16.5. The van der Waals surface area contributed by atoms with Crippen molar-refractivity contribution in [2.24, 2.45) is 0 Å². The van der Waals surface area contributed by atoms with Crippen LogP contribution in [0.15, 0.2) is 60.7 Å². The molecule has 0 aromatic heterocycles. The van der Waals surface area contributed by atoms with Crippen molar-refractivity contribution in [1.82, 2.24) is 10.2 Å². The van der Waals surface area contributed by atoms with Gasteiger partial charge in [0.2, 0.25) is 5.91 Å². The van der Waals surface area contributed by atoms with Crippen LogP contribution in [0.5, 0.6) is 11.5 Å². The third kappa shape index (κ3) is 3.69. The largest absolute Gasteiger partial charge is 0.493 e. The molecule has 2 heterocycles. The van der Waals surface area contributed by atoms with E-state index in [9.17, 15) is 9.59 Å². The highest BCUT2D eigenvalue weighted by Crippen LogP contribution is 2.48. The molecule has 3 aromatic rings. The molecule has 0 saturated heterocycles. The molecule has 2 atom stereocenters. The Labute approximate surface area is 199 Å². The Morgan fingerprint density at radius 2 is 1.71 bits per heavy atom. The van der Waals surface area contributed by atoms with E-state index < -0.39 is 5.92 Å². The first-order chi connectivity index (χ1) is 16.5. The Morgan fingerprint density at radius 1 is 1.00 bits per heavy atom. The van der Waals surface area contributed by atoms with Crippen LogP contribution in [0.1, 0.15) is 50.1 Å². The number of amides is 2.